The lowest BCUT2D eigenvalue weighted by atomic mass is 10.1. The Morgan fingerprint density at radius 2 is 2.29 bits per heavy atom. The lowest BCUT2D eigenvalue weighted by Gasteiger charge is -2.09. The first-order valence-electron chi connectivity index (χ1n) is 5.19. The van der Waals surface area contributed by atoms with Gasteiger partial charge in [-0.2, -0.15) is 0 Å². The second kappa shape index (κ2) is 3.85. The zero-order valence-corrected chi connectivity index (χ0v) is 10.9. The van der Waals surface area contributed by atoms with Crippen molar-refractivity contribution < 1.29 is 4.79 Å². The van der Waals surface area contributed by atoms with E-state index < -0.39 is 0 Å². The van der Waals surface area contributed by atoms with Crippen LogP contribution < -0.4 is 4.90 Å². The van der Waals surface area contributed by atoms with Crippen LogP contribution >= 0.6 is 24.0 Å². The molecule has 0 bridgehead atoms. The van der Waals surface area contributed by atoms with Crippen molar-refractivity contribution in [2.75, 3.05) is 11.9 Å². The van der Waals surface area contributed by atoms with Gasteiger partial charge in [0.25, 0.3) is 0 Å². The molecule has 5 heteroatoms. The van der Waals surface area contributed by atoms with E-state index >= 15 is 0 Å². The number of thiol groups is 1. The summed E-state index contributed by atoms with van der Waals surface area (Å²) in [4.78, 5) is 17.6. The monoisotopic (exact) mass is 262 g/mol. The average molecular weight is 262 g/mol. The molecule has 0 radical (unpaired) electrons. The van der Waals surface area contributed by atoms with Gasteiger partial charge in [-0.05, 0) is 23.8 Å². The number of hydrogen-bond donors (Lipinski definition) is 1. The van der Waals surface area contributed by atoms with Crippen molar-refractivity contribution in [1.29, 1.82) is 0 Å². The summed E-state index contributed by atoms with van der Waals surface area (Å²) in [6, 6.07) is 6.03. The number of likely N-dealkylation sites (N-methyl/N-ethyl adjacent to an activating group) is 1. The molecule has 2 aromatic rings. The van der Waals surface area contributed by atoms with Crippen LogP contribution in [0.5, 0.6) is 0 Å². The number of rotatable bonds is 1. The largest absolute Gasteiger partial charge is 0.315 e. The fourth-order valence-corrected chi connectivity index (χ4v) is 3.01. The predicted octanol–water partition coefficient (Wildman–Crippen LogP) is 2.62. The molecule has 17 heavy (non-hydrogen) atoms. The van der Waals surface area contributed by atoms with E-state index in [1.165, 1.54) is 0 Å². The number of aromatic nitrogens is 1. The van der Waals surface area contributed by atoms with Gasteiger partial charge in [0.05, 0.1) is 6.42 Å². The summed E-state index contributed by atoms with van der Waals surface area (Å²) in [6.45, 7) is 0. The van der Waals surface area contributed by atoms with E-state index in [1.54, 1.807) is 16.2 Å². The standard InChI is InChI=1S/C12H10N2OS2/c1-14-9-3-2-7(4-8(9)5-11(14)15)12-13-10(16)6-17-12/h2-4,6,16H,5H2,1H3. The van der Waals surface area contributed by atoms with Gasteiger partial charge in [-0.25, -0.2) is 4.98 Å². The highest BCUT2D eigenvalue weighted by Crippen LogP contribution is 2.33. The second-order valence-electron chi connectivity index (χ2n) is 3.98. The first-order chi connectivity index (χ1) is 8.15. The molecule has 0 atom stereocenters. The van der Waals surface area contributed by atoms with Gasteiger partial charge in [0.2, 0.25) is 5.91 Å². The molecule has 0 unspecified atom stereocenters. The van der Waals surface area contributed by atoms with E-state index in [1.807, 2.05) is 30.6 Å². The maximum Gasteiger partial charge on any atom is 0.231 e. The molecule has 1 amide bonds. The van der Waals surface area contributed by atoms with Crippen molar-refractivity contribution in [3.8, 4) is 10.6 Å². The SMILES string of the molecule is CN1C(=O)Cc2cc(-c3nc(S)cs3)ccc21. The van der Waals surface area contributed by atoms with Crippen molar-refractivity contribution in [3.05, 3.63) is 29.1 Å². The number of nitrogens with zero attached hydrogens (tertiary/aromatic N) is 2. The normalized spacial score (nSPS) is 14.2. The first-order valence-corrected chi connectivity index (χ1v) is 6.52. The molecule has 0 saturated carbocycles. The molecule has 2 heterocycles. The van der Waals surface area contributed by atoms with Gasteiger partial charge in [-0.15, -0.1) is 24.0 Å². The van der Waals surface area contributed by atoms with E-state index in [4.69, 9.17) is 0 Å². The lowest BCUT2D eigenvalue weighted by Crippen LogP contribution is -2.20. The third-order valence-electron chi connectivity index (χ3n) is 2.90. The second-order valence-corrected chi connectivity index (χ2v) is 5.30. The Bertz CT molecular complexity index is 606. The molecule has 3 nitrogen and oxygen atoms in total. The number of carbonyl (C=O) groups excluding carboxylic acids is 1. The zero-order valence-electron chi connectivity index (χ0n) is 9.17. The molecule has 0 aliphatic carbocycles. The summed E-state index contributed by atoms with van der Waals surface area (Å²) in [5.74, 6) is 0.145. The minimum Gasteiger partial charge on any atom is -0.315 e. The molecule has 3 rings (SSSR count). The molecule has 0 N–H and O–H groups in total. The van der Waals surface area contributed by atoms with Crippen LogP contribution in [0.15, 0.2) is 28.6 Å². The smallest absolute Gasteiger partial charge is 0.231 e. The molecule has 1 aromatic carbocycles. The van der Waals surface area contributed by atoms with Gasteiger partial charge in [0.1, 0.15) is 10.0 Å². The number of carbonyl (C=O) groups is 1. The Kier molecular flexibility index (Phi) is 2.45. The Labute approximate surface area is 109 Å². The Balaban J connectivity index is 2.06. The predicted molar refractivity (Wildman–Crippen MR) is 71.9 cm³/mol. The lowest BCUT2D eigenvalue weighted by molar-refractivity contribution is -0.117. The summed E-state index contributed by atoms with van der Waals surface area (Å²) in [5, 5.41) is 3.58. The summed E-state index contributed by atoms with van der Waals surface area (Å²) < 4.78 is 0. The van der Waals surface area contributed by atoms with E-state index in [2.05, 4.69) is 17.6 Å². The van der Waals surface area contributed by atoms with Gasteiger partial charge in [0.15, 0.2) is 0 Å². The molecular formula is C12H10N2OS2. The fourth-order valence-electron chi connectivity index (χ4n) is 2.00. The van der Waals surface area contributed by atoms with Crippen LogP contribution in [-0.2, 0) is 11.2 Å². The van der Waals surface area contributed by atoms with Crippen molar-refractivity contribution in [3.63, 3.8) is 0 Å². The van der Waals surface area contributed by atoms with Gasteiger partial charge >= 0.3 is 0 Å². The van der Waals surface area contributed by atoms with Crippen LogP contribution in [0.2, 0.25) is 0 Å². The number of anilines is 1. The van der Waals surface area contributed by atoms with E-state index in [0.717, 1.165) is 26.8 Å². The number of fused-ring (bicyclic) bond motifs is 1. The fraction of sp³-hybridized carbons (Fsp3) is 0.167. The van der Waals surface area contributed by atoms with Crippen LogP contribution in [0.1, 0.15) is 5.56 Å². The Morgan fingerprint density at radius 3 is 3.00 bits per heavy atom. The quantitative estimate of drug-likeness (QED) is 0.801. The topological polar surface area (TPSA) is 33.2 Å². The average Bonchev–Trinajstić information content (AvgIpc) is 2.85. The van der Waals surface area contributed by atoms with Crippen molar-refractivity contribution >= 4 is 35.6 Å². The van der Waals surface area contributed by atoms with Gasteiger partial charge in [0, 0.05) is 23.7 Å². The molecule has 1 aromatic heterocycles. The van der Waals surface area contributed by atoms with Gasteiger partial charge < -0.3 is 4.90 Å². The van der Waals surface area contributed by atoms with E-state index in [-0.39, 0.29) is 5.91 Å². The van der Waals surface area contributed by atoms with Crippen LogP contribution in [0.3, 0.4) is 0 Å². The van der Waals surface area contributed by atoms with Crippen molar-refractivity contribution in [2.24, 2.45) is 0 Å². The number of thiazole rings is 1. The highest BCUT2D eigenvalue weighted by Gasteiger charge is 2.24. The van der Waals surface area contributed by atoms with Crippen LogP contribution in [0.25, 0.3) is 10.6 Å². The molecule has 0 spiro atoms. The number of amides is 1. The van der Waals surface area contributed by atoms with Gasteiger partial charge in [-0.1, -0.05) is 0 Å². The molecule has 0 fully saturated rings. The third-order valence-corrected chi connectivity index (χ3v) is 4.19. The molecule has 1 aliphatic heterocycles. The summed E-state index contributed by atoms with van der Waals surface area (Å²) in [7, 11) is 1.81. The minimum atomic E-state index is 0.145. The third kappa shape index (κ3) is 1.75. The molecule has 1 aliphatic rings. The van der Waals surface area contributed by atoms with Crippen LogP contribution in [0, 0.1) is 0 Å². The number of hydrogen-bond acceptors (Lipinski definition) is 4. The summed E-state index contributed by atoms with van der Waals surface area (Å²) in [5.41, 5.74) is 3.13. The molecular weight excluding hydrogens is 252 g/mol. The Hall–Kier alpha value is -1.33. The minimum absolute atomic E-state index is 0.145. The molecule has 0 saturated heterocycles. The summed E-state index contributed by atoms with van der Waals surface area (Å²) >= 11 is 5.77. The maximum absolute atomic E-state index is 11.6. The Morgan fingerprint density at radius 1 is 1.47 bits per heavy atom. The number of benzene rings is 1. The first kappa shape index (κ1) is 10.8. The van der Waals surface area contributed by atoms with Crippen molar-refractivity contribution in [1.82, 2.24) is 4.98 Å². The van der Waals surface area contributed by atoms with Crippen LogP contribution in [-0.4, -0.2) is 17.9 Å². The van der Waals surface area contributed by atoms with Gasteiger partial charge in [-0.3, -0.25) is 4.79 Å². The van der Waals surface area contributed by atoms with Crippen LogP contribution in [0.4, 0.5) is 5.69 Å². The zero-order chi connectivity index (χ0) is 12.0. The highest BCUT2D eigenvalue weighted by molar-refractivity contribution is 7.80. The summed E-state index contributed by atoms with van der Waals surface area (Å²) in [6.07, 6.45) is 0.485. The van der Waals surface area contributed by atoms with E-state index in [9.17, 15) is 4.79 Å². The maximum atomic E-state index is 11.6. The molecule has 86 valence electrons. The highest BCUT2D eigenvalue weighted by atomic mass is 32.1. The van der Waals surface area contributed by atoms with E-state index in [0.29, 0.717) is 6.42 Å². The van der Waals surface area contributed by atoms with Crippen molar-refractivity contribution in [2.45, 2.75) is 11.4 Å².